The molecule has 0 spiro atoms. The smallest absolute Gasteiger partial charge is 0.341 e. The molecule has 6 heteroatoms. The lowest BCUT2D eigenvalue weighted by molar-refractivity contribution is -0.0686. The van der Waals surface area contributed by atoms with Crippen molar-refractivity contribution in [2.75, 3.05) is 0 Å². The Kier molecular flexibility index (Phi) is 2.68. The predicted octanol–water partition coefficient (Wildman–Crippen LogP) is 3.52. The third kappa shape index (κ3) is 1.63. The van der Waals surface area contributed by atoms with Crippen LogP contribution in [-0.2, 0) is 4.74 Å². The Hall–Kier alpha value is -3.87. The number of nitriles is 2. The first kappa shape index (κ1) is 14.5. The Morgan fingerprint density at radius 2 is 1.77 bits per heavy atom. The maximum atomic E-state index is 12.3. The molecule has 2 aliphatic heterocycles. The van der Waals surface area contributed by atoms with Crippen LogP contribution in [0.25, 0.3) is 21.9 Å². The highest BCUT2D eigenvalue weighted by Crippen LogP contribution is 2.52. The number of para-hydroxylation sites is 1. The van der Waals surface area contributed by atoms with E-state index in [1.807, 2.05) is 12.1 Å². The molecular weight excluding hydrogens is 332 g/mol. The number of carbonyl (C=O) groups excluding carboxylic acids is 1. The summed E-state index contributed by atoms with van der Waals surface area (Å²) in [4.78, 5) is 12.3. The first-order valence-corrected chi connectivity index (χ1v) is 7.78. The number of hydrogen-bond acceptors (Lipinski definition) is 6. The summed E-state index contributed by atoms with van der Waals surface area (Å²) in [5, 5.41) is 30.3. The molecule has 3 aromatic carbocycles. The number of cyclic esters (lactones) is 1. The molecule has 0 aromatic heterocycles. The van der Waals surface area contributed by atoms with Gasteiger partial charge in [0.1, 0.15) is 11.8 Å². The number of aliphatic hydroxyl groups excluding tert-OH is 1. The van der Waals surface area contributed by atoms with E-state index in [1.165, 1.54) is 12.1 Å². The second-order valence-electron chi connectivity index (χ2n) is 6.02. The van der Waals surface area contributed by atoms with Gasteiger partial charge in [0, 0.05) is 27.5 Å². The molecule has 26 heavy (non-hydrogen) atoms. The summed E-state index contributed by atoms with van der Waals surface area (Å²) < 4.78 is 10.9. The normalized spacial score (nSPS) is 16.1. The van der Waals surface area contributed by atoms with Gasteiger partial charge in [-0.05, 0) is 18.2 Å². The van der Waals surface area contributed by atoms with E-state index in [-0.39, 0.29) is 22.4 Å². The summed E-state index contributed by atoms with van der Waals surface area (Å²) in [5.41, 5.74) is 2.24. The van der Waals surface area contributed by atoms with Crippen molar-refractivity contribution in [3.63, 3.8) is 0 Å². The first-order valence-electron chi connectivity index (χ1n) is 7.78. The van der Waals surface area contributed by atoms with E-state index in [1.54, 1.807) is 12.1 Å². The monoisotopic (exact) mass is 340 g/mol. The molecule has 1 atom stereocenters. The van der Waals surface area contributed by atoms with Gasteiger partial charge in [-0.3, -0.25) is 0 Å². The molecule has 0 aliphatic carbocycles. The lowest BCUT2D eigenvalue weighted by Gasteiger charge is -2.28. The van der Waals surface area contributed by atoms with E-state index < -0.39 is 12.3 Å². The summed E-state index contributed by atoms with van der Waals surface area (Å²) >= 11 is 0. The van der Waals surface area contributed by atoms with Crippen LogP contribution in [0.4, 0.5) is 0 Å². The molecule has 0 bridgehead atoms. The number of benzene rings is 3. The minimum Gasteiger partial charge on any atom is -0.455 e. The van der Waals surface area contributed by atoms with Crippen molar-refractivity contribution in [1.29, 1.82) is 10.5 Å². The van der Waals surface area contributed by atoms with E-state index in [0.717, 1.165) is 0 Å². The van der Waals surface area contributed by atoms with Crippen molar-refractivity contribution in [3.05, 3.63) is 58.7 Å². The third-order valence-electron chi connectivity index (χ3n) is 4.70. The van der Waals surface area contributed by atoms with Crippen molar-refractivity contribution in [3.8, 4) is 34.8 Å². The average molecular weight is 340 g/mol. The molecule has 5 rings (SSSR count). The van der Waals surface area contributed by atoms with Crippen LogP contribution in [0.1, 0.15) is 33.3 Å². The Morgan fingerprint density at radius 1 is 1.00 bits per heavy atom. The highest BCUT2D eigenvalue weighted by Gasteiger charge is 2.35. The Bertz CT molecular complexity index is 1250. The van der Waals surface area contributed by atoms with Gasteiger partial charge in [-0.15, -0.1) is 0 Å². The van der Waals surface area contributed by atoms with Gasteiger partial charge in [0.2, 0.25) is 6.29 Å². The SMILES string of the molecule is N#Cc1cc2c3c(cc(C#N)c4c3c1Oc1ccccc1-4)C(=O)OC2O. The molecule has 2 aliphatic rings. The minimum absolute atomic E-state index is 0.175. The predicted molar refractivity (Wildman–Crippen MR) is 89.3 cm³/mol. The fourth-order valence-corrected chi connectivity index (χ4v) is 3.65. The molecule has 3 aromatic rings. The lowest BCUT2D eigenvalue weighted by Crippen LogP contribution is -2.19. The van der Waals surface area contributed by atoms with Crippen molar-refractivity contribution >= 4 is 16.7 Å². The fourth-order valence-electron chi connectivity index (χ4n) is 3.65. The van der Waals surface area contributed by atoms with Crippen molar-refractivity contribution < 1.29 is 19.4 Å². The molecule has 0 saturated carbocycles. The second kappa shape index (κ2) is 4.82. The molecule has 1 unspecified atom stereocenters. The van der Waals surface area contributed by atoms with Gasteiger partial charge in [-0.1, -0.05) is 18.2 Å². The lowest BCUT2D eigenvalue weighted by atomic mass is 9.84. The van der Waals surface area contributed by atoms with Gasteiger partial charge in [-0.2, -0.15) is 10.5 Å². The highest BCUT2D eigenvalue weighted by atomic mass is 16.6. The van der Waals surface area contributed by atoms with Crippen LogP contribution in [-0.4, -0.2) is 11.1 Å². The summed E-state index contributed by atoms with van der Waals surface area (Å²) in [7, 11) is 0. The molecule has 2 heterocycles. The Balaban J connectivity index is 2.10. The standard InChI is InChI=1S/C20H8N2O4/c21-7-9-5-12-16-13(20(24)26-19(12)23)6-10(8-22)18-17(16)15(9)11-3-1-2-4-14(11)25-18/h1-6,20,24H. The van der Waals surface area contributed by atoms with Gasteiger partial charge in [0.25, 0.3) is 0 Å². The number of fused-ring (bicyclic) bond motifs is 2. The first-order chi connectivity index (χ1) is 12.6. The van der Waals surface area contributed by atoms with Gasteiger partial charge in [-0.25, -0.2) is 4.79 Å². The van der Waals surface area contributed by atoms with E-state index in [0.29, 0.717) is 33.2 Å². The van der Waals surface area contributed by atoms with E-state index in [2.05, 4.69) is 12.1 Å². The molecule has 1 N–H and O–H groups in total. The zero-order valence-corrected chi connectivity index (χ0v) is 13.1. The fraction of sp³-hybridized carbons (Fsp3) is 0.0500. The molecule has 0 fully saturated rings. The van der Waals surface area contributed by atoms with Crippen LogP contribution in [0.15, 0.2) is 36.4 Å². The molecule has 0 amide bonds. The summed E-state index contributed by atoms with van der Waals surface area (Å²) in [6.45, 7) is 0. The molecular formula is C20H8N2O4. The topological polar surface area (TPSA) is 103 Å². The number of carbonyl (C=O) groups is 1. The van der Waals surface area contributed by atoms with Crippen LogP contribution in [0.5, 0.6) is 11.5 Å². The van der Waals surface area contributed by atoms with E-state index in [9.17, 15) is 20.4 Å². The zero-order chi connectivity index (χ0) is 18.0. The quantitative estimate of drug-likeness (QED) is 0.491. The van der Waals surface area contributed by atoms with E-state index >= 15 is 0 Å². The number of hydrogen-bond donors (Lipinski definition) is 1. The van der Waals surface area contributed by atoms with Crippen molar-refractivity contribution in [1.82, 2.24) is 0 Å². The zero-order valence-electron chi connectivity index (χ0n) is 13.1. The highest BCUT2D eigenvalue weighted by molar-refractivity contribution is 6.17. The molecule has 0 saturated heterocycles. The van der Waals surface area contributed by atoms with Crippen molar-refractivity contribution in [2.45, 2.75) is 6.29 Å². The van der Waals surface area contributed by atoms with Crippen LogP contribution in [0.2, 0.25) is 0 Å². The maximum absolute atomic E-state index is 12.3. The number of nitrogens with zero attached hydrogens (tertiary/aromatic N) is 2. The largest absolute Gasteiger partial charge is 0.455 e. The van der Waals surface area contributed by atoms with Gasteiger partial charge in [0.15, 0.2) is 5.75 Å². The number of rotatable bonds is 0. The molecule has 0 radical (unpaired) electrons. The van der Waals surface area contributed by atoms with Gasteiger partial charge < -0.3 is 14.6 Å². The van der Waals surface area contributed by atoms with Gasteiger partial charge >= 0.3 is 5.97 Å². The average Bonchev–Trinajstić information content (AvgIpc) is 2.67. The molecule has 122 valence electrons. The Labute approximate surface area is 147 Å². The van der Waals surface area contributed by atoms with Crippen LogP contribution >= 0.6 is 0 Å². The molecule has 6 nitrogen and oxygen atoms in total. The number of esters is 1. The summed E-state index contributed by atoms with van der Waals surface area (Å²) in [5.74, 6) is 0.0813. The van der Waals surface area contributed by atoms with Crippen LogP contribution in [0.3, 0.4) is 0 Å². The Morgan fingerprint density at radius 3 is 2.54 bits per heavy atom. The summed E-state index contributed by atoms with van der Waals surface area (Å²) in [6, 6.07) is 14.3. The van der Waals surface area contributed by atoms with E-state index in [4.69, 9.17) is 9.47 Å². The second-order valence-corrected chi connectivity index (χ2v) is 6.02. The van der Waals surface area contributed by atoms with Crippen molar-refractivity contribution in [2.24, 2.45) is 0 Å². The third-order valence-corrected chi connectivity index (χ3v) is 4.70. The van der Waals surface area contributed by atoms with Crippen LogP contribution < -0.4 is 4.74 Å². The number of ether oxygens (including phenoxy) is 2. The maximum Gasteiger partial charge on any atom is 0.341 e. The minimum atomic E-state index is -1.48. The van der Waals surface area contributed by atoms with Gasteiger partial charge in [0.05, 0.1) is 22.8 Å². The van der Waals surface area contributed by atoms with Crippen LogP contribution in [0, 0.1) is 22.7 Å². The number of aliphatic hydroxyl groups is 1. The summed E-state index contributed by atoms with van der Waals surface area (Å²) in [6.07, 6.45) is -1.48.